The maximum Gasteiger partial charge on any atom is 0.0717 e. The Morgan fingerprint density at radius 1 is 1.31 bits per heavy atom. The van der Waals surface area contributed by atoms with Crippen LogP contribution in [0.1, 0.15) is 31.9 Å². The monoisotopic (exact) mass is 242 g/mol. The van der Waals surface area contributed by atoms with Gasteiger partial charge in [-0.2, -0.15) is 0 Å². The standard InChI is InChI=1S/C12H18O3S/c1-9-5-6-10(8-12(2,3)4)11(7-9)16-15-14-13/h5-7,13H,8H2,1-4H3. The van der Waals surface area contributed by atoms with Crippen molar-refractivity contribution in [3.63, 3.8) is 0 Å². The van der Waals surface area contributed by atoms with E-state index in [2.05, 4.69) is 42.3 Å². The van der Waals surface area contributed by atoms with Gasteiger partial charge in [0.05, 0.1) is 12.0 Å². The van der Waals surface area contributed by atoms with Gasteiger partial charge in [-0.25, -0.2) is 5.26 Å². The average Bonchev–Trinajstić information content (AvgIpc) is 2.16. The van der Waals surface area contributed by atoms with Gasteiger partial charge in [0, 0.05) is 4.90 Å². The van der Waals surface area contributed by atoms with Crippen molar-refractivity contribution >= 4 is 12.0 Å². The minimum Gasteiger partial charge on any atom is -0.220 e. The molecule has 0 aliphatic rings. The van der Waals surface area contributed by atoms with Crippen molar-refractivity contribution in [1.82, 2.24) is 0 Å². The quantitative estimate of drug-likeness (QED) is 0.492. The van der Waals surface area contributed by atoms with Crippen LogP contribution in [0.4, 0.5) is 0 Å². The summed E-state index contributed by atoms with van der Waals surface area (Å²) >= 11 is 1.03. The summed E-state index contributed by atoms with van der Waals surface area (Å²) < 4.78 is 4.50. The molecular formula is C12H18O3S. The molecule has 0 bridgehead atoms. The predicted molar refractivity (Wildman–Crippen MR) is 65.0 cm³/mol. The van der Waals surface area contributed by atoms with Gasteiger partial charge in [-0.3, -0.25) is 0 Å². The first kappa shape index (κ1) is 13.5. The van der Waals surface area contributed by atoms with Gasteiger partial charge in [-0.05, 0) is 36.0 Å². The summed E-state index contributed by atoms with van der Waals surface area (Å²) in [5.74, 6) is 0. The Bertz CT molecular complexity index is 345. The van der Waals surface area contributed by atoms with Crippen LogP contribution in [0.2, 0.25) is 0 Å². The Morgan fingerprint density at radius 3 is 2.56 bits per heavy atom. The van der Waals surface area contributed by atoms with E-state index < -0.39 is 0 Å². The Kier molecular flexibility index (Phi) is 4.80. The van der Waals surface area contributed by atoms with E-state index in [1.54, 1.807) is 0 Å². The van der Waals surface area contributed by atoms with Crippen molar-refractivity contribution in [3.8, 4) is 0 Å². The summed E-state index contributed by atoms with van der Waals surface area (Å²) in [4.78, 5) is 0.976. The van der Waals surface area contributed by atoms with Crippen LogP contribution < -0.4 is 0 Å². The molecule has 3 nitrogen and oxygen atoms in total. The van der Waals surface area contributed by atoms with Gasteiger partial charge in [0.15, 0.2) is 0 Å². The Hall–Kier alpha value is -0.550. The van der Waals surface area contributed by atoms with E-state index in [1.165, 1.54) is 5.56 Å². The van der Waals surface area contributed by atoms with Crippen molar-refractivity contribution in [3.05, 3.63) is 29.3 Å². The maximum absolute atomic E-state index is 8.18. The van der Waals surface area contributed by atoms with Gasteiger partial charge < -0.3 is 0 Å². The fraction of sp³-hybridized carbons (Fsp3) is 0.500. The van der Waals surface area contributed by atoms with Crippen LogP contribution in [0.15, 0.2) is 23.1 Å². The minimum atomic E-state index is 0.213. The predicted octanol–water partition coefficient (Wildman–Crippen LogP) is 4.01. The average molecular weight is 242 g/mol. The molecule has 4 heteroatoms. The number of benzene rings is 1. The van der Waals surface area contributed by atoms with Crippen molar-refractivity contribution in [2.45, 2.75) is 39.0 Å². The molecule has 1 N–H and O–H groups in total. The second-order valence-corrected chi connectivity index (χ2v) is 5.82. The summed E-state index contributed by atoms with van der Waals surface area (Å²) in [6.07, 6.45) is 0.949. The van der Waals surface area contributed by atoms with Gasteiger partial charge in [-0.1, -0.05) is 37.9 Å². The Morgan fingerprint density at radius 2 is 2.00 bits per heavy atom. The molecule has 0 saturated heterocycles. The summed E-state index contributed by atoms with van der Waals surface area (Å²) in [7, 11) is 0. The fourth-order valence-corrected chi connectivity index (χ4v) is 2.09. The van der Waals surface area contributed by atoms with Crippen molar-refractivity contribution in [2.75, 3.05) is 0 Å². The number of aryl methyl sites for hydroxylation is 1. The molecule has 0 spiro atoms. The molecule has 1 rings (SSSR count). The van der Waals surface area contributed by atoms with E-state index in [1.807, 2.05) is 13.0 Å². The molecule has 0 amide bonds. The number of hydrogen-bond acceptors (Lipinski definition) is 4. The molecule has 16 heavy (non-hydrogen) atoms. The molecule has 1 aromatic rings. The minimum absolute atomic E-state index is 0.213. The molecule has 0 atom stereocenters. The molecule has 0 aliphatic carbocycles. The van der Waals surface area contributed by atoms with E-state index >= 15 is 0 Å². The third kappa shape index (κ3) is 4.53. The number of rotatable bonds is 4. The lowest BCUT2D eigenvalue weighted by atomic mass is 9.88. The highest BCUT2D eigenvalue weighted by Crippen LogP contribution is 2.30. The first-order valence-electron chi connectivity index (χ1n) is 5.17. The highest BCUT2D eigenvalue weighted by molar-refractivity contribution is 7.94. The van der Waals surface area contributed by atoms with Gasteiger partial charge in [0.1, 0.15) is 0 Å². The topological polar surface area (TPSA) is 38.7 Å². The summed E-state index contributed by atoms with van der Waals surface area (Å²) in [5, 5.41) is 11.8. The van der Waals surface area contributed by atoms with Crippen molar-refractivity contribution in [2.24, 2.45) is 5.41 Å². The SMILES string of the molecule is Cc1ccc(CC(C)(C)C)c(SOOO)c1. The van der Waals surface area contributed by atoms with E-state index in [9.17, 15) is 0 Å². The normalized spacial score (nSPS) is 11.8. The largest absolute Gasteiger partial charge is 0.220 e. The molecule has 90 valence electrons. The van der Waals surface area contributed by atoms with Crippen LogP contribution in [0.3, 0.4) is 0 Å². The number of hydrogen-bond donors (Lipinski definition) is 1. The second kappa shape index (κ2) is 5.68. The lowest BCUT2D eigenvalue weighted by Crippen LogP contribution is -2.10. The van der Waals surface area contributed by atoms with Crippen LogP contribution in [-0.2, 0) is 15.8 Å². The molecule has 0 fully saturated rings. The molecule has 0 saturated carbocycles. The van der Waals surface area contributed by atoms with Crippen LogP contribution in [0.5, 0.6) is 0 Å². The summed E-state index contributed by atoms with van der Waals surface area (Å²) in [6, 6.07) is 6.18. The van der Waals surface area contributed by atoms with Gasteiger partial charge in [-0.15, -0.1) is 4.33 Å². The maximum atomic E-state index is 8.18. The molecule has 0 radical (unpaired) electrons. The smallest absolute Gasteiger partial charge is 0.0717 e. The molecule has 0 aromatic heterocycles. The first-order chi connectivity index (χ1) is 7.42. The first-order valence-corrected chi connectivity index (χ1v) is 5.91. The molecule has 0 aliphatic heterocycles. The van der Waals surface area contributed by atoms with Crippen LogP contribution in [-0.4, -0.2) is 5.26 Å². The molecule has 0 unspecified atom stereocenters. The summed E-state index contributed by atoms with van der Waals surface area (Å²) in [5.41, 5.74) is 2.56. The zero-order valence-corrected chi connectivity index (χ0v) is 10.9. The molecular weight excluding hydrogens is 224 g/mol. The Labute approximate surface area is 101 Å². The van der Waals surface area contributed by atoms with Gasteiger partial charge in [0.2, 0.25) is 0 Å². The lowest BCUT2D eigenvalue weighted by Gasteiger charge is -2.20. The third-order valence-electron chi connectivity index (χ3n) is 2.10. The Balaban J connectivity index is 2.89. The zero-order valence-electron chi connectivity index (χ0n) is 10.1. The van der Waals surface area contributed by atoms with E-state index in [4.69, 9.17) is 5.26 Å². The highest BCUT2D eigenvalue weighted by Gasteiger charge is 2.15. The fourth-order valence-electron chi connectivity index (χ4n) is 1.51. The molecule has 0 heterocycles. The van der Waals surface area contributed by atoms with Gasteiger partial charge in [0.25, 0.3) is 0 Å². The highest BCUT2D eigenvalue weighted by atomic mass is 32.2. The zero-order chi connectivity index (χ0) is 12.2. The van der Waals surface area contributed by atoms with Crippen molar-refractivity contribution < 1.29 is 14.6 Å². The van der Waals surface area contributed by atoms with E-state index in [-0.39, 0.29) is 5.41 Å². The summed E-state index contributed by atoms with van der Waals surface area (Å²) in [6.45, 7) is 8.57. The van der Waals surface area contributed by atoms with Crippen LogP contribution >= 0.6 is 12.0 Å². The van der Waals surface area contributed by atoms with Crippen LogP contribution in [0.25, 0.3) is 0 Å². The molecule has 1 aromatic carbocycles. The van der Waals surface area contributed by atoms with E-state index in [0.717, 1.165) is 28.9 Å². The third-order valence-corrected chi connectivity index (χ3v) is 2.79. The second-order valence-electron chi connectivity index (χ2n) is 5.07. The van der Waals surface area contributed by atoms with Gasteiger partial charge >= 0.3 is 0 Å². The van der Waals surface area contributed by atoms with Crippen molar-refractivity contribution in [1.29, 1.82) is 0 Å². The van der Waals surface area contributed by atoms with Crippen LogP contribution in [0, 0.1) is 12.3 Å². The van der Waals surface area contributed by atoms with E-state index in [0.29, 0.717) is 0 Å². The lowest BCUT2D eigenvalue weighted by molar-refractivity contribution is -0.432.